The minimum absolute atomic E-state index is 0. The van der Waals surface area contributed by atoms with Gasteiger partial charge in [0, 0.05) is 32.2 Å². The first-order valence-electron chi connectivity index (χ1n) is 7.49. The molecule has 130 valence electrons. The van der Waals surface area contributed by atoms with Gasteiger partial charge in [-0.1, -0.05) is 30.6 Å². The maximum atomic E-state index is 11.2. The average molecular weight is 513 g/mol. The molecular formula is C19H16N3O2Pt-. The number of aromatic nitrogens is 3. The van der Waals surface area contributed by atoms with Gasteiger partial charge in [-0.05, 0) is 37.7 Å². The average Bonchev–Trinajstić information content (AvgIpc) is 2.62. The maximum Gasteiger partial charge on any atom is 0.354 e. The van der Waals surface area contributed by atoms with Crippen molar-refractivity contribution in [1.82, 2.24) is 15.0 Å². The van der Waals surface area contributed by atoms with Crippen LogP contribution in [0.3, 0.4) is 0 Å². The molecule has 3 aromatic heterocycles. The summed E-state index contributed by atoms with van der Waals surface area (Å²) < 4.78 is 0. The second kappa shape index (κ2) is 7.66. The Balaban J connectivity index is 0.00000225. The zero-order chi connectivity index (χ0) is 17.2. The Hall–Kier alpha value is -2.39. The van der Waals surface area contributed by atoms with Crippen molar-refractivity contribution in [2.45, 2.75) is 19.3 Å². The monoisotopic (exact) mass is 513 g/mol. The quantitative estimate of drug-likeness (QED) is 0.542. The molecule has 0 spiro atoms. The van der Waals surface area contributed by atoms with Crippen molar-refractivity contribution < 1.29 is 31.0 Å². The van der Waals surface area contributed by atoms with Gasteiger partial charge in [0.1, 0.15) is 5.69 Å². The third kappa shape index (κ3) is 3.99. The van der Waals surface area contributed by atoms with Crippen LogP contribution in [0.25, 0.3) is 11.3 Å². The minimum atomic E-state index is -1.04. The summed E-state index contributed by atoms with van der Waals surface area (Å²) in [5, 5.41) is 9.15. The fraction of sp³-hybridized carbons (Fsp3) is 0.158. The molecule has 0 aliphatic carbocycles. The van der Waals surface area contributed by atoms with E-state index in [-0.39, 0.29) is 26.8 Å². The number of pyridine rings is 3. The van der Waals surface area contributed by atoms with Gasteiger partial charge in [-0.25, -0.2) is 9.78 Å². The third-order valence-corrected chi connectivity index (χ3v) is 3.88. The van der Waals surface area contributed by atoms with Gasteiger partial charge in [0.25, 0.3) is 0 Å². The molecular weight excluding hydrogens is 497 g/mol. The van der Waals surface area contributed by atoms with Crippen molar-refractivity contribution in [2.75, 3.05) is 0 Å². The van der Waals surface area contributed by atoms with E-state index in [1.807, 2.05) is 38.1 Å². The smallest absolute Gasteiger partial charge is 0.354 e. The summed E-state index contributed by atoms with van der Waals surface area (Å²) in [6, 6.07) is 15.6. The van der Waals surface area contributed by atoms with E-state index in [9.17, 15) is 4.79 Å². The van der Waals surface area contributed by atoms with Crippen LogP contribution >= 0.6 is 0 Å². The summed E-state index contributed by atoms with van der Waals surface area (Å²) in [5.74, 6) is -1.04. The summed E-state index contributed by atoms with van der Waals surface area (Å²) in [5.41, 5.74) is 2.52. The molecule has 0 atom stereocenters. The van der Waals surface area contributed by atoms with Crippen LogP contribution in [0.4, 0.5) is 0 Å². The predicted octanol–water partition coefficient (Wildman–Crippen LogP) is 3.36. The van der Waals surface area contributed by atoms with E-state index < -0.39 is 11.4 Å². The molecule has 0 fully saturated rings. The Kier molecular flexibility index (Phi) is 5.80. The molecule has 0 saturated carbocycles. The van der Waals surface area contributed by atoms with Crippen LogP contribution in [-0.2, 0) is 26.5 Å². The zero-order valence-electron chi connectivity index (χ0n) is 13.7. The van der Waals surface area contributed by atoms with E-state index in [0.717, 1.165) is 17.0 Å². The van der Waals surface area contributed by atoms with E-state index in [1.54, 1.807) is 24.5 Å². The summed E-state index contributed by atoms with van der Waals surface area (Å²) in [6.45, 7) is 3.94. The van der Waals surface area contributed by atoms with E-state index in [2.05, 4.69) is 16.0 Å². The van der Waals surface area contributed by atoms with Gasteiger partial charge in [-0.3, -0.25) is 0 Å². The number of rotatable bonds is 4. The Morgan fingerprint density at radius 1 is 1.08 bits per heavy atom. The molecule has 3 rings (SSSR count). The van der Waals surface area contributed by atoms with Crippen molar-refractivity contribution in [3.63, 3.8) is 0 Å². The zero-order valence-corrected chi connectivity index (χ0v) is 16.0. The molecule has 0 bridgehead atoms. The molecule has 25 heavy (non-hydrogen) atoms. The largest absolute Gasteiger partial charge is 0.477 e. The SMILES string of the molecule is CC(C)(c1cccc(C(=O)O)n1)c1cccc(-c2[c-]ccnc2)n1.[Pt]. The van der Waals surface area contributed by atoms with Gasteiger partial charge in [0.05, 0.1) is 5.69 Å². The first-order valence-corrected chi connectivity index (χ1v) is 7.49. The molecule has 0 amide bonds. The van der Waals surface area contributed by atoms with E-state index >= 15 is 0 Å². The van der Waals surface area contributed by atoms with Crippen LogP contribution in [0.15, 0.2) is 54.9 Å². The maximum absolute atomic E-state index is 11.2. The van der Waals surface area contributed by atoms with Gasteiger partial charge in [-0.2, -0.15) is 0 Å². The van der Waals surface area contributed by atoms with Crippen molar-refractivity contribution >= 4 is 5.97 Å². The molecule has 6 heteroatoms. The molecule has 0 saturated heterocycles. The van der Waals surface area contributed by atoms with Crippen LogP contribution in [0.2, 0.25) is 0 Å². The topological polar surface area (TPSA) is 76.0 Å². The summed E-state index contributed by atoms with van der Waals surface area (Å²) >= 11 is 0. The molecule has 1 N–H and O–H groups in total. The molecule has 3 heterocycles. The van der Waals surface area contributed by atoms with Gasteiger partial charge in [0.15, 0.2) is 0 Å². The first kappa shape index (κ1) is 18.9. The second-order valence-electron chi connectivity index (χ2n) is 5.90. The van der Waals surface area contributed by atoms with E-state index in [4.69, 9.17) is 10.1 Å². The molecule has 0 aliphatic rings. The van der Waals surface area contributed by atoms with Gasteiger partial charge >= 0.3 is 5.97 Å². The van der Waals surface area contributed by atoms with Gasteiger partial charge in [0.2, 0.25) is 0 Å². The number of nitrogens with zero attached hydrogens (tertiary/aromatic N) is 3. The molecule has 0 unspecified atom stereocenters. The fourth-order valence-electron chi connectivity index (χ4n) is 2.43. The van der Waals surface area contributed by atoms with Crippen LogP contribution in [0.5, 0.6) is 0 Å². The van der Waals surface area contributed by atoms with Crippen LogP contribution in [-0.4, -0.2) is 26.0 Å². The number of carboxylic acid groups (broad SMARTS) is 1. The minimum Gasteiger partial charge on any atom is -0.477 e. The Morgan fingerprint density at radius 2 is 1.76 bits per heavy atom. The molecule has 5 nitrogen and oxygen atoms in total. The van der Waals surface area contributed by atoms with E-state index in [1.165, 1.54) is 6.07 Å². The second-order valence-corrected chi connectivity index (χ2v) is 5.90. The van der Waals surface area contributed by atoms with Crippen molar-refractivity contribution in [1.29, 1.82) is 0 Å². The Morgan fingerprint density at radius 3 is 2.40 bits per heavy atom. The molecule has 0 aromatic carbocycles. The first-order chi connectivity index (χ1) is 11.5. The van der Waals surface area contributed by atoms with Crippen molar-refractivity contribution in [2.24, 2.45) is 0 Å². The number of hydrogen-bond acceptors (Lipinski definition) is 4. The molecule has 0 aliphatic heterocycles. The van der Waals surface area contributed by atoms with Crippen molar-refractivity contribution in [3.05, 3.63) is 78.0 Å². The standard InChI is InChI=1S/C19H16N3O2.Pt/c1-19(2,17-10-4-8-15(22-17)18(23)24)16-9-3-7-14(21-16)13-6-5-11-20-12-13;/h3-5,7-12H,1-2H3,(H,23,24);/q-1;. The number of hydrogen-bond donors (Lipinski definition) is 1. The van der Waals surface area contributed by atoms with Gasteiger partial charge < -0.3 is 15.1 Å². The summed E-state index contributed by atoms with van der Waals surface area (Å²) in [7, 11) is 0. The van der Waals surface area contributed by atoms with E-state index in [0.29, 0.717) is 5.69 Å². The molecule has 0 radical (unpaired) electrons. The summed E-state index contributed by atoms with van der Waals surface area (Å²) in [4.78, 5) is 24.2. The third-order valence-electron chi connectivity index (χ3n) is 3.88. The van der Waals surface area contributed by atoms with Crippen molar-refractivity contribution in [3.8, 4) is 11.3 Å². The predicted molar refractivity (Wildman–Crippen MR) is 89.6 cm³/mol. The number of carboxylic acids is 1. The normalized spacial score (nSPS) is 10.8. The fourth-order valence-corrected chi connectivity index (χ4v) is 2.43. The van der Waals surface area contributed by atoms with Gasteiger partial charge in [-0.15, -0.1) is 17.7 Å². The van der Waals surface area contributed by atoms with Crippen LogP contribution < -0.4 is 0 Å². The Labute approximate surface area is 160 Å². The van der Waals surface area contributed by atoms with Crippen LogP contribution in [0.1, 0.15) is 35.7 Å². The molecule has 3 aromatic rings. The van der Waals surface area contributed by atoms with Crippen LogP contribution in [0, 0.1) is 6.07 Å². The summed E-state index contributed by atoms with van der Waals surface area (Å²) in [6.07, 6.45) is 3.38. The number of aromatic carboxylic acids is 1. The Bertz CT molecular complexity index is 883. The number of carbonyl (C=O) groups is 1.